The van der Waals surface area contributed by atoms with Crippen molar-refractivity contribution in [1.29, 1.82) is 0 Å². The normalized spacial score (nSPS) is 30.6. The van der Waals surface area contributed by atoms with Gasteiger partial charge in [0, 0.05) is 19.1 Å². The molecule has 1 saturated heterocycles. The van der Waals surface area contributed by atoms with Gasteiger partial charge in [0.05, 0.1) is 12.5 Å². The Morgan fingerprint density at radius 1 is 1.31 bits per heavy atom. The van der Waals surface area contributed by atoms with Crippen LogP contribution in [0.3, 0.4) is 0 Å². The van der Waals surface area contributed by atoms with Crippen LogP contribution in [0.2, 0.25) is 0 Å². The highest BCUT2D eigenvalue weighted by Gasteiger charge is 2.30. The van der Waals surface area contributed by atoms with Crippen LogP contribution in [0.4, 0.5) is 0 Å². The summed E-state index contributed by atoms with van der Waals surface area (Å²) in [5.41, 5.74) is 6.03. The molecule has 88 valence electrons. The third-order valence-electron chi connectivity index (χ3n) is 3.38. The SMILES string of the molecule is NC1CCOCC1c1nc(CC2CC2)no1. The number of ether oxygens (including phenoxy) is 1. The van der Waals surface area contributed by atoms with E-state index in [2.05, 4.69) is 10.1 Å². The van der Waals surface area contributed by atoms with Crippen molar-refractivity contribution in [1.82, 2.24) is 10.1 Å². The Hall–Kier alpha value is -0.940. The fourth-order valence-electron chi connectivity index (χ4n) is 2.09. The second-order valence-corrected chi connectivity index (χ2v) is 4.83. The lowest BCUT2D eigenvalue weighted by Gasteiger charge is -2.25. The van der Waals surface area contributed by atoms with Crippen molar-refractivity contribution >= 4 is 0 Å². The number of hydrogen-bond acceptors (Lipinski definition) is 5. The smallest absolute Gasteiger partial charge is 0.233 e. The first-order valence-electron chi connectivity index (χ1n) is 5.99. The number of hydrogen-bond donors (Lipinski definition) is 1. The van der Waals surface area contributed by atoms with Crippen molar-refractivity contribution in [3.63, 3.8) is 0 Å². The second kappa shape index (κ2) is 4.14. The van der Waals surface area contributed by atoms with E-state index in [1.165, 1.54) is 12.8 Å². The molecule has 2 fully saturated rings. The van der Waals surface area contributed by atoms with E-state index in [1.54, 1.807) is 0 Å². The average Bonchev–Trinajstić information content (AvgIpc) is 2.97. The maximum absolute atomic E-state index is 6.03. The molecule has 2 atom stereocenters. The summed E-state index contributed by atoms with van der Waals surface area (Å²) >= 11 is 0. The molecule has 1 saturated carbocycles. The van der Waals surface area contributed by atoms with E-state index in [4.69, 9.17) is 15.0 Å². The first-order valence-corrected chi connectivity index (χ1v) is 5.99. The summed E-state index contributed by atoms with van der Waals surface area (Å²) in [6.07, 6.45) is 4.42. The van der Waals surface area contributed by atoms with Crippen LogP contribution in [0.15, 0.2) is 4.52 Å². The van der Waals surface area contributed by atoms with Gasteiger partial charge in [-0.2, -0.15) is 4.98 Å². The van der Waals surface area contributed by atoms with E-state index in [0.717, 1.165) is 31.2 Å². The van der Waals surface area contributed by atoms with Crippen LogP contribution in [0.25, 0.3) is 0 Å². The Morgan fingerprint density at radius 2 is 2.19 bits per heavy atom. The summed E-state index contributed by atoms with van der Waals surface area (Å²) in [5, 5.41) is 4.01. The molecule has 1 aromatic heterocycles. The first kappa shape index (κ1) is 10.2. The lowest BCUT2D eigenvalue weighted by molar-refractivity contribution is 0.0590. The number of rotatable bonds is 3. The molecule has 1 aliphatic heterocycles. The van der Waals surface area contributed by atoms with Crippen LogP contribution in [0.1, 0.15) is 36.9 Å². The van der Waals surface area contributed by atoms with E-state index in [-0.39, 0.29) is 12.0 Å². The van der Waals surface area contributed by atoms with Gasteiger partial charge in [-0.15, -0.1) is 0 Å². The van der Waals surface area contributed by atoms with Crippen molar-refractivity contribution < 1.29 is 9.26 Å². The van der Waals surface area contributed by atoms with Crippen molar-refractivity contribution in [2.45, 2.75) is 37.6 Å². The van der Waals surface area contributed by atoms with Gasteiger partial charge in [0.2, 0.25) is 5.89 Å². The van der Waals surface area contributed by atoms with Crippen molar-refractivity contribution in [2.75, 3.05) is 13.2 Å². The topological polar surface area (TPSA) is 74.2 Å². The third-order valence-corrected chi connectivity index (χ3v) is 3.38. The molecular formula is C11H17N3O2. The molecule has 0 aromatic carbocycles. The van der Waals surface area contributed by atoms with Crippen LogP contribution < -0.4 is 5.73 Å². The molecule has 0 radical (unpaired) electrons. The van der Waals surface area contributed by atoms with Crippen LogP contribution in [0, 0.1) is 5.92 Å². The predicted molar refractivity (Wildman–Crippen MR) is 56.9 cm³/mol. The van der Waals surface area contributed by atoms with E-state index in [1.807, 2.05) is 0 Å². The molecule has 0 amide bonds. The largest absolute Gasteiger partial charge is 0.381 e. The van der Waals surface area contributed by atoms with E-state index >= 15 is 0 Å². The molecule has 3 rings (SSSR count). The van der Waals surface area contributed by atoms with Crippen molar-refractivity contribution in [2.24, 2.45) is 11.7 Å². The second-order valence-electron chi connectivity index (χ2n) is 4.83. The van der Waals surface area contributed by atoms with Gasteiger partial charge >= 0.3 is 0 Å². The van der Waals surface area contributed by atoms with Gasteiger partial charge in [0.25, 0.3) is 0 Å². The molecule has 5 nitrogen and oxygen atoms in total. The van der Waals surface area contributed by atoms with Gasteiger partial charge in [-0.3, -0.25) is 0 Å². The molecule has 5 heteroatoms. The number of nitrogens with zero attached hydrogens (tertiary/aromatic N) is 2. The lowest BCUT2D eigenvalue weighted by Crippen LogP contribution is -2.37. The molecular weight excluding hydrogens is 206 g/mol. The summed E-state index contributed by atoms with van der Waals surface area (Å²) in [7, 11) is 0. The average molecular weight is 223 g/mol. The molecule has 0 bridgehead atoms. The Kier molecular flexibility index (Phi) is 2.65. The summed E-state index contributed by atoms with van der Waals surface area (Å²) < 4.78 is 10.7. The Labute approximate surface area is 94.3 Å². The predicted octanol–water partition coefficient (Wildman–Crippen LogP) is 0.853. The van der Waals surface area contributed by atoms with Gasteiger partial charge in [0.1, 0.15) is 0 Å². The van der Waals surface area contributed by atoms with Crippen LogP contribution in [-0.2, 0) is 11.2 Å². The van der Waals surface area contributed by atoms with E-state index < -0.39 is 0 Å². The zero-order valence-corrected chi connectivity index (χ0v) is 9.26. The van der Waals surface area contributed by atoms with Gasteiger partial charge in [-0.25, -0.2) is 0 Å². The minimum atomic E-state index is 0.0780. The van der Waals surface area contributed by atoms with Crippen LogP contribution in [0.5, 0.6) is 0 Å². The minimum absolute atomic E-state index is 0.0780. The zero-order valence-electron chi connectivity index (χ0n) is 9.26. The highest BCUT2D eigenvalue weighted by molar-refractivity contribution is 5.01. The Balaban J connectivity index is 1.69. The standard InChI is InChI=1S/C11H17N3O2/c12-9-3-4-15-6-8(9)11-13-10(14-16-11)5-7-1-2-7/h7-9H,1-6,12H2. The van der Waals surface area contributed by atoms with Crippen molar-refractivity contribution in [3.05, 3.63) is 11.7 Å². The number of aromatic nitrogens is 2. The highest BCUT2D eigenvalue weighted by Crippen LogP contribution is 2.32. The fourth-order valence-corrected chi connectivity index (χ4v) is 2.09. The summed E-state index contributed by atoms with van der Waals surface area (Å²) in [6.45, 7) is 1.34. The van der Waals surface area contributed by atoms with Crippen LogP contribution in [-0.4, -0.2) is 29.4 Å². The molecule has 2 unspecified atom stereocenters. The van der Waals surface area contributed by atoms with E-state index in [0.29, 0.717) is 12.5 Å². The molecule has 16 heavy (non-hydrogen) atoms. The maximum atomic E-state index is 6.03. The Bertz CT molecular complexity index is 362. The Morgan fingerprint density at radius 3 is 2.94 bits per heavy atom. The molecule has 1 aromatic rings. The number of nitrogens with two attached hydrogens (primary N) is 1. The first-order chi connectivity index (χ1) is 7.83. The molecule has 1 aliphatic carbocycles. The van der Waals surface area contributed by atoms with E-state index in [9.17, 15) is 0 Å². The summed E-state index contributed by atoms with van der Waals surface area (Å²) in [5.74, 6) is 2.34. The minimum Gasteiger partial charge on any atom is -0.381 e. The van der Waals surface area contributed by atoms with Gasteiger partial charge in [0.15, 0.2) is 5.82 Å². The quantitative estimate of drug-likeness (QED) is 0.822. The lowest BCUT2D eigenvalue weighted by atomic mass is 9.97. The monoisotopic (exact) mass is 223 g/mol. The molecule has 0 spiro atoms. The summed E-state index contributed by atoms with van der Waals surface area (Å²) in [4.78, 5) is 4.43. The fraction of sp³-hybridized carbons (Fsp3) is 0.818. The van der Waals surface area contributed by atoms with Gasteiger partial charge in [-0.05, 0) is 25.2 Å². The van der Waals surface area contributed by atoms with Gasteiger partial charge in [-0.1, -0.05) is 5.16 Å². The van der Waals surface area contributed by atoms with Gasteiger partial charge < -0.3 is 15.0 Å². The molecule has 2 N–H and O–H groups in total. The third kappa shape index (κ3) is 2.10. The maximum Gasteiger partial charge on any atom is 0.233 e. The zero-order chi connectivity index (χ0) is 11.0. The van der Waals surface area contributed by atoms with Crippen LogP contribution >= 0.6 is 0 Å². The molecule has 2 aliphatic rings. The summed E-state index contributed by atoms with van der Waals surface area (Å²) in [6, 6.07) is 0.0861. The molecule has 2 heterocycles. The van der Waals surface area contributed by atoms with Crippen molar-refractivity contribution in [3.8, 4) is 0 Å². The highest BCUT2D eigenvalue weighted by atomic mass is 16.5.